The SMILES string of the molecule is CCC1CCC(C#N)C(Oc2ccc(Cl)cc2Br)C1. The van der Waals surface area contributed by atoms with Crippen molar-refractivity contribution in [2.75, 3.05) is 0 Å². The molecule has 102 valence electrons. The lowest BCUT2D eigenvalue weighted by molar-refractivity contribution is 0.0886. The molecule has 0 bridgehead atoms. The zero-order valence-electron chi connectivity index (χ0n) is 10.9. The van der Waals surface area contributed by atoms with E-state index in [0.29, 0.717) is 10.9 Å². The highest BCUT2D eigenvalue weighted by molar-refractivity contribution is 9.10. The molecule has 3 atom stereocenters. The maximum absolute atomic E-state index is 9.25. The first-order valence-electron chi connectivity index (χ1n) is 6.65. The third kappa shape index (κ3) is 3.64. The summed E-state index contributed by atoms with van der Waals surface area (Å²) in [6, 6.07) is 7.87. The number of hydrogen-bond donors (Lipinski definition) is 0. The number of halogens is 2. The summed E-state index contributed by atoms with van der Waals surface area (Å²) in [6.45, 7) is 2.20. The van der Waals surface area contributed by atoms with E-state index in [-0.39, 0.29) is 12.0 Å². The van der Waals surface area contributed by atoms with Gasteiger partial charge in [-0.05, 0) is 59.3 Å². The molecule has 0 heterocycles. The zero-order valence-corrected chi connectivity index (χ0v) is 13.2. The molecule has 3 unspecified atom stereocenters. The van der Waals surface area contributed by atoms with Crippen molar-refractivity contribution in [2.24, 2.45) is 11.8 Å². The van der Waals surface area contributed by atoms with E-state index >= 15 is 0 Å². The number of nitriles is 1. The van der Waals surface area contributed by atoms with Crippen molar-refractivity contribution in [2.45, 2.75) is 38.7 Å². The number of hydrogen-bond acceptors (Lipinski definition) is 2. The molecule has 0 radical (unpaired) electrons. The van der Waals surface area contributed by atoms with Crippen molar-refractivity contribution in [3.63, 3.8) is 0 Å². The lowest BCUT2D eigenvalue weighted by Crippen LogP contribution is -2.33. The van der Waals surface area contributed by atoms with E-state index in [2.05, 4.69) is 28.9 Å². The Bertz CT molecular complexity index is 486. The van der Waals surface area contributed by atoms with Crippen LogP contribution in [0.2, 0.25) is 5.02 Å². The Morgan fingerprint density at radius 1 is 1.47 bits per heavy atom. The summed E-state index contributed by atoms with van der Waals surface area (Å²) in [5.41, 5.74) is 0. The third-order valence-electron chi connectivity index (χ3n) is 3.82. The van der Waals surface area contributed by atoms with Gasteiger partial charge in [-0.2, -0.15) is 5.26 Å². The first kappa shape index (κ1) is 14.7. The summed E-state index contributed by atoms with van der Waals surface area (Å²) in [5, 5.41) is 9.92. The number of ether oxygens (including phenoxy) is 1. The van der Waals surface area contributed by atoms with Gasteiger partial charge in [-0.15, -0.1) is 0 Å². The van der Waals surface area contributed by atoms with Gasteiger partial charge in [-0.3, -0.25) is 0 Å². The Kier molecular flexibility index (Phi) is 5.13. The fourth-order valence-electron chi connectivity index (χ4n) is 2.59. The van der Waals surface area contributed by atoms with Crippen LogP contribution in [0.5, 0.6) is 5.75 Å². The van der Waals surface area contributed by atoms with Crippen LogP contribution in [-0.2, 0) is 0 Å². The van der Waals surface area contributed by atoms with E-state index in [9.17, 15) is 5.26 Å². The van der Waals surface area contributed by atoms with Crippen LogP contribution in [0.3, 0.4) is 0 Å². The Morgan fingerprint density at radius 3 is 2.89 bits per heavy atom. The quantitative estimate of drug-likeness (QED) is 0.756. The minimum atomic E-state index is -0.0128. The van der Waals surface area contributed by atoms with Gasteiger partial charge in [0, 0.05) is 5.02 Å². The number of rotatable bonds is 3. The Labute approximate surface area is 127 Å². The molecule has 0 aromatic heterocycles. The van der Waals surface area contributed by atoms with E-state index < -0.39 is 0 Å². The fourth-order valence-corrected chi connectivity index (χ4v) is 3.37. The summed E-state index contributed by atoms with van der Waals surface area (Å²) in [7, 11) is 0. The van der Waals surface area contributed by atoms with Gasteiger partial charge in [-0.25, -0.2) is 0 Å². The normalized spacial score (nSPS) is 26.7. The molecule has 0 N–H and O–H groups in total. The van der Waals surface area contributed by atoms with E-state index in [1.807, 2.05) is 18.2 Å². The monoisotopic (exact) mass is 341 g/mol. The molecule has 0 aliphatic heterocycles. The van der Waals surface area contributed by atoms with Gasteiger partial charge >= 0.3 is 0 Å². The van der Waals surface area contributed by atoms with Crippen LogP contribution >= 0.6 is 27.5 Å². The largest absolute Gasteiger partial charge is 0.488 e. The summed E-state index contributed by atoms with van der Waals surface area (Å²) >= 11 is 9.38. The molecule has 1 aliphatic rings. The van der Waals surface area contributed by atoms with Crippen molar-refractivity contribution in [1.29, 1.82) is 5.26 Å². The van der Waals surface area contributed by atoms with E-state index in [0.717, 1.165) is 35.9 Å². The van der Waals surface area contributed by atoms with Gasteiger partial charge in [0.05, 0.1) is 16.5 Å². The van der Waals surface area contributed by atoms with Crippen molar-refractivity contribution in [3.8, 4) is 11.8 Å². The zero-order chi connectivity index (χ0) is 13.8. The molecule has 4 heteroatoms. The summed E-state index contributed by atoms with van der Waals surface area (Å²) in [4.78, 5) is 0. The molecule has 1 aliphatic carbocycles. The Balaban J connectivity index is 2.12. The van der Waals surface area contributed by atoms with Crippen LogP contribution < -0.4 is 4.74 Å². The second kappa shape index (κ2) is 6.63. The second-order valence-corrected chi connectivity index (χ2v) is 6.34. The van der Waals surface area contributed by atoms with Crippen LogP contribution in [0.25, 0.3) is 0 Å². The number of benzene rings is 1. The molecule has 0 saturated heterocycles. The van der Waals surface area contributed by atoms with Crippen molar-refractivity contribution < 1.29 is 4.74 Å². The van der Waals surface area contributed by atoms with Gasteiger partial charge in [0.1, 0.15) is 11.9 Å². The molecular weight excluding hydrogens is 326 g/mol. The van der Waals surface area contributed by atoms with Gasteiger partial charge in [0.15, 0.2) is 0 Å². The molecular formula is C15H17BrClNO. The molecule has 2 rings (SSSR count). The van der Waals surface area contributed by atoms with Gasteiger partial charge in [-0.1, -0.05) is 24.9 Å². The first-order chi connectivity index (χ1) is 9.13. The highest BCUT2D eigenvalue weighted by Crippen LogP contribution is 2.36. The Morgan fingerprint density at radius 2 is 2.26 bits per heavy atom. The average molecular weight is 343 g/mol. The third-order valence-corrected chi connectivity index (χ3v) is 4.67. The fraction of sp³-hybridized carbons (Fsp3) is 0.533. The maximum Gasteiger partial charge on any atom is 0.134 e. The highest BCUT2D eigenvalue weighted by Gasteiger charge is 2.31. The van der Waals surface area contributed by atoms with Crippen LogP contribution in [0.15, 0.2) is 22.7 Å². The molecule has 0 amide bonds. The molecule has 19 heavy (non-hydrogen) atoms. The first-order valence-corrected chi connectivity index (χ1v) is 7.82. The topological polar surface area (TPSA) is 33.0 Å². The van der Waals surface area contributed by atoms with Gasteiger partial charge in [0.2, 0.25) is 0 Å². The molecule has 1 fully saturated rings. The van der Waals surface area contributed by atoms with Crippen molar-refractivity contribution in [1.82, 2.24) is 0 Å². The minimum Gasteiger partial charge on any atom is -0.488 e. The van der Waals surface area contributed by atoms with E-state index in [1.54, 1.807) is 0 Å². The molecule has 0 spiro atoms. The summed E-state index contributed by atoms with van der Waals surface area (Å²) in [5.74, 6) is 1.43. The van der Waals surface area contributed by atoms with Crippen LogP contribution in [-0.4, -0.2) is 6.10 Å². The van der Waals surface area contributed by atoms with Gasteiger partial charge in [0.25, 0.3) is 0 Å². The minimum absolute atomic E-state index is 0.00891. The smallest absolute Gasteiger partial charge is 0.134 e. The molecule has 2 nitrogen and oxygen atoms in total. The predicted octanol–water partition coefficient (Wildman–Crippen LogP) is 5.20. The van der Waals surface area contributed by atoms with Crippen LogP contribution in [0, 0.1) is 23.2 Å². The van der Waals surface area contributed by atoms with Crippen molar-refractivity contribution in [3.05, 3.63) is 27.7 Å². The predicted molar refractivity (Wildman–Crippen MR) is 80.3 cm³/mol. The van der Waals surface area contributed by atoms with Crippen LogP contribution in [0.1, 0.15) is 32.6 Å². The average Bonchev–Trinajstić information content (AvgIpc) is 2.41. The molecule has 1 saturated carbocycles. The van der Waals surface area contributed by atoms with E-state index in [1.165, 1.54) is 0 Å². The van der Waals surface area contributed by atoms with Crippen LogP contribution in [0.4, 0.5) is 0 Å². The molecule has 1 aromatic rings. The molecule has 1 aromatic carbocycles. The number of nitrogens with zero attached hydrogens (tertiary/aromatic N) is 1. The summed E-state index contributed by atoms with van der Waals surface area (Å²) in [6.07, 6.45) is 4.17. The van der Waals surface area contributed by atoms with Gasteiger partial charge < -0.3 is 4.74 Å². The highest BCUT2D eigenvalue weighted by atomic mass is 79.9. The van der Waals surface area contributed by atoms with E-state index in [4.69, 9.17) is 16.3 Å². The summed E-state index contributed by atoms with van der Waals surface area (Å²) < 4.78 is 6.89. The van der Waals surface area contributed by atoms with Crippen molar-refractivity contribution >= 4 is 27.5 Å². The Hall–Kier alpha value is -0.720. The lowest BCUT2D eigenvalue weighted by atomic mass is 9.79. The second-order valence-electron chi connectivity index (χ2n) is 5.05. The standard InChI is InChI=1S/C15H17BrClNO/c1-2-10-3-4-11(9-18)15(7-10)19-14-6-5-12(17)8-13(14)16/h5-6,8,10-11,15H,2-4,7H2,1H3. The maximum atomic E-state index is 9.25. The lowest BCUT2D eigenvalue weighted by Gasteiger charge is -2.32.